The Labute approximate surface area is 72.6 Å². The fourth-order valence-electron chi connectivity index (χ4n) is 0.761. The normalized spacial score (nSPS) is 11.7. The van der Waals surface area contributed by atoms with Gasteiger partial charge in [0.1, 0.15) is 0 Å². The van der Waals surface area contributed by atoms with Crippen molar-refractivity contribution in [2.45, 2.75) is 12.8 Å². The summed E-state index contributed by atoms with van der Waals surface area (Å²) in [4.78, 5) is 6.37. The van der Waals surface area contributed by atoms with Gasteiger partial charge in [0, 0.05) is 13.3 Å². The Bertz CT molecular complexity index is 287. The second kappa shape index (κ2) is 3.69. The molecule has 0 aliphatic heterocycles. The molecule has 1 heterocycles. The van der Waals surface area contributed by atoms with Crippen LogP contribution in [0.1, 0.15) is 11.5 Å². The van der Waals surface area contributed by atoms with E-state index < -0.39 is 12.0 Å². The first kappa shape index (κ1) is 9.91. The number of methoxy groups -OCH3 is 1. The Morgan fingerprint density at radius 2 is 2.15 bits per heavy atom. The third-order valence-electron chi connectivity index (χ3n) is 1.26. The highest BCUT2D eigenvalue weighted by Gasteiger charge is 2.34. The Balaban J connectivity index is 2.92. The van der Waals surface area contributed by atoms with E-state index in [9.17, 15) is 13.2 Å². The Kier molecular flexibility index (Phi) is 2.82. The van der Waals surface area contributed by atoms with Gasteiger partial charge in [-0.25, -0.2) is 9.97 Å². The predicted molar refractivity (Wildman–Crippen MR) is 37.7 cm³/mol. The van der Waals surface area contributed by atoms with E-state index in [1.165, 1.54) is 13.2 Å². The first-order valence-corrected chi connectivity index (χ1v) is 3.42. The zero-order valence-electron chi connectivity index (χ0n) is 6.80. The molecule has 0 aromatic carbocycles. The Morgan fingerprint density at radius 1 is 1.46 bits per heavy atom. The molecule has 0 radical (unpaired) electrons. The summed E-state index contributed by atoms with van der Waals surface area (Å²) in [6, 6.07) is 1.37. The van der Waals surface area contributed by atoms with E-state index >= 15 is 0 Å². The van der Waals surface area contributed by atoms with Gasteiger partial charge in [-0.15, -0.1) is 0 Å². The van der Waals surface area contributed by atoms with Crippen molar-refractivity contribution in [1.29, 1.82) is 0 Å². The van der Waals surface area contributed by atoms with E-state index in [-0.39, 0.29) is 12.3 Å². The van der Waals surface area contributed by atoms with Gasteiger partial charge in [-0.3, -0.25) is 0 Å². The molecule has 1 aromatic rings. The first-order valence-electron chi connectivity index (χ1n) is 3.42. The first-order chi connectivity index (χ1) is 6.04. The Hall–Kier alpha value is -1.17. The van der Waals surface area contributed by atoms with Crippen molar-refractivity contribution in [3.8, 4) is 0 Å². The molecule has 3 nitrogen and oxygen atoms in total. The molecule has 0 aliphatic carbocycles. The molecule has 1 aromatic heterocycles. The summed E-state index contributed by atoms with van der Waals surface area (Å²) in [5.41, 5.74) is 0.213. The van der Waals surface area contributed by atoms with E-state index in [4.69, 9.17) is 0 Å². The summed E-state index contributed by atoms with van der Waals surface area (Å²) in [7, 11) is 1.38. The molecule has 0 bridgehead atoms. The third kappa shape index (κ3) is 2.66. The van der Waals surface area contributed by atoms with Crippen LogP contribution in [0.2, 0.25) is 0 Å². The monoisotopic (exact) mass is 192 g/mol. The van der Waals surface area contributed by atoms with Crippen LogP contribution in [0.4, 0.5) is 13.2 Å². The zero-order chi connectivity index (χ0) is 9.90. The molecule has 0 fully saturated rings. The molecule has 72 valence electrons. The van der Waals surface area contributed by atoms with Crippen LogP contribution >= 0.6 is 0 Å². The van der Waals surface area contributed by atoms with Crippen LogP contribution in [-0.2, 0) is 17.5 Å². The van der Waals surface area contributed by atoms with Crippen molar-refractivity contribution in [3.63, 3.8) is 0 Å². The van der Waals surface area contributed by atoms with Gasteiger partial charge in [-0.1, -0.05) is 0 Å². The van der Waals surface area contributed by atoms with Gasteiger partial charge in [0.05, 0.1) is 12.3 Å². The minimum absolute atomic E-state index is 0.0472. The van der Waals surface area contributed by atoms with Gasteiger partial charge < -0.3 is 4.74 Å². The van der Waals surface area contributed by atoms with Crippen LogP contribution < -0.4 is 0 Å². The molecule has 0 aliphatic rings. The summed E-state index contributed by atoms with van der Waals surface area (Å²) >= 11 is 0. The average molecular weight is 192 g/mol. The molecule has 0 N–H and O–H groups in total. The lowest BCUT2D eigenvalue weighted by Gasteiger charge is -2.05. The second-order valence-electron chi connectivity index (χ2n) is 2.30. The van der Waals surface area contributed by atoms with Gasteiger partial charge in [-0.2, -0.15) is 13.2 Å². The van der Waals surface area contributed by atoms with Crippen LogP contribution in [0.15, 0.2) is 12.3 Å². The van der Waals surface area contributed by atoms with Gasteiger partial charge >= 0.3 is 6.18 Å². The molecule has 0 amide bonds. The lowest BCUT2D eigenvalue weighted by atomic mass is 10.4. The van der Waals surface area contributed by atoms with E-state index in [1.54, 1.807) is 0 Å². The van der Waals surface area contributed by atoms with Crippen LogP contribution in [0.5, 0.6) is 0 Å². The average Bonchev–Trinajstić information content (AvgIpc) is 2.04. The molecule has 0 spiro atoms. The maximum absolute atomic E-state index is 12.0. The van der Waals surface area contributed by atoms with Crippen molar-refractivity contribution < 1.29 is 17.9 Å². The number of aromatic nitrogens is 2. The van der Waals surface area contributed by atoms with Gasteiger partial charge in [0.25, 0.3) is 0 Å². The second-order valence-corrected chi connectivity index (χ2v) is 2.30. The quantitative estimate of drug-likeness (QED) is 0.714. The number of ether oxygens (including phenoxy) is 1. The summed E-state index contributed by atoms with van der Waals surface area (Å²) in [5.74, 6) is -1.14. The number of hydrogen-bond acceptors (Lipinski definition) is 3. The van der Waals surface area contributed by atoms with Gasteiger partial charge in [0.15, 0.2) is 0 Å². The zero-order valence-corrected chi connectivity index (χ0v) is 6.80. The molecular formula is C7H7F3N2O. The molecule has 13 heavy (non-hydrogen) atoms. The maximum Gasteiger partial charge on any atom is 0.451 e. The fraction of sp³-hybridized carbons (Fsp3) is 0.429. The van der Waals surface area contributed by atoms with Gasteiger partial charge in [0.2, 0.25) is 5.82 Å². The molecule has 1 rings (SSSR count). The molecular weight excluding hydrogens is 185 g/mol. The lowest BCUT2D eigenvalue weighted by molar-refractivity contribution is -0.145. The van der Waals surface area contributed by atoms with Crippen molar-refractivity contribution in [3.05, 3.63) is 23.8 Å². The minimum atomic E-state index is -4.50. The maximum atomic E-state index is 12.0. The smallest absolute Gasteiger partial charge is 0.378 e. The van der Waals surface area contributed by atoms with E-state index in [0.717, 1.165) is 6.20 Å². The van der Waals surface area contributed by atoms with E-state index in [1.807, 2.05) is 0 Å². The van der Waals surface area contributed by atoms with Crippen LogP contribution in [0.25, 0.3) is 0 Å². The van der Waals surface area contributed by atoms with Crippen LogP contribution in [0, 0.1) is 0 Å². The number of rotatable bonds is 2. The third-order valence-corrected chi connectivity index (χ3v) is 1.26. The Morgan fingerprint density at radius 3 is 2.69 bits per heavy atom. The molecule has 0 atom stereocenters. The summed E-state index contributed by atoms with van der Waals surface area (Å²) in [6.45, 7) is 0.0472. The highest BCUT2D eigenvalue weighted by Crippen LogP contribution is 2.25. The molecule has 0 unspecified atom stereocenters. The SMILES string of the molecule is COCc1ccnc(C(F)(F)F)n1. The predicted octanol–water partition coefficient (Wildman–Crippen LogP) is 1.64. The number of alkyl halides is 3. The lowest BCUT2D eigenvalue weighted by Crippen LogP contribution is -2.12. The largest absolute Gasteiger partial charge is 0.451 e. The van der Waals surface area contributed by atoms with Crippen molar-refractivity contribution in [2.75, 3.05) is 7.11 Å². The highest BCUT2D eigenvalue weighted by atomic mass is 19.4. The summed E-state index contributed by atoms with van der Waals surface area (Å²) < 4.78 is 40.8. The topological polar surface area (TPSA) is 35.0 Å². The number of nitrogens with zero attached hydrogens (tertiary/aromatic N) is 2. The van der Waals surface area contributed by atoms with E-state index in [2.05, 4.69) is 14.7 Å². The van der Waals surface area contributed by atoms with Crippen LogP contribution in [0.3, 0.4) is 0 Å². The molecule has 0 saturated carbocycles. The fourth-order valence-corrected chi connectivity index (χ4v) is 0.761. The minimum Gasteiger partial charge on any atom is -0.378 e. The van der Waals surface area contributed by atoms with Gasteiger partial charge in [-0.05, 0) is 6.07 Å². The van der Waals surface area contributed by atoms with Crippen molar-refractivity contribution in [1.82, 2.24) is 9.97 Å². The molecule has 6 heteroatoms. The summed E-state index contributed by atoms with van der Waals surface area (Å²) in [5, 5.41) is 0. The molecule has 0 saturated heterocycles. The van der Waals surface area contributed by atoms with Crippen LogP contribution in [-0.4, -0.2) is 17.1 Å². The number of hydrogen-bond donors (Lipinski definition) is 0. The number of halogens is 3. The summed E-state index contributed by atoms with van der Waals surface area (Å²) in [6.07, 6.45) is -3.44. The standard InChI is InChI=1S/C7H7F3N2O/c1-13-4-5-2-3-11-6(12-5)7(8,9)10/h2-3H,4H2,1H3. The van der Waals surface area contributed by atoms with E-state index in [0.29, 0.717) is 0 Å². The van der Waals surface area contributed by atoms with Crippen molar-refractivity contribution in [2.24, 2.45) is 0 Å². The van der Waals surface area contributed by atoms with Crippen molar-refractivity contribution >= 4 is 0 Å². The highest BCUT2D eigenvalue weighted by molar-refractivity contribution is 5.03.